The van der Waals surface area contributed by atoms with E-state index in [0.717, 1.165) is 4.88 Å². The topological polar surface area (TPSA) is 49.8 Å². The van der Waals surface area contributed by atoms with E-state index in [-0.39, 0.29) is 24.7 Å². The fourth-order valence-corrected chi connectivity index (χ4v) is 2.64. The summed E-state index contributed by atoms with van der Waals surface area (Å²) in [6.45, 7) is 2.93. The quantitative estimate of drug-likeness (QED) is 0.873. The third kappa shape index (κ3) is 3.06. The fourth-order valence-electron chi connectivity index (χ4n) is 1.94. The van der Waals surface area contributed by atoms with E-state index in [1.807, 2.05) is 29.3 Å². The highest BCUT2D eigenvalue weighted by Crippen LogP contribution is 2.16. The van der Waals surface area contributed by atoms with Crippen molar-refractivity contribution in [3.05, 3.63) is 22.4 Å². The molecule has 0 spiro atoms. The Morgan fingerprint density at radius 3 is 3.18 bits per heavy atom. The van der Waals surface area contributed by atoms with Gasteiger partial charge in [0.2, 0.25) is 5.91 Å². The Balaban J connectivity index is 1.97. The molecule has 1 amide bonds. The largest absolute Gasteiger partial charge is 0.394 e. The second kappa shape index (κ2) is 5.62. The maximum atomic E-state index is 12.1. The normalized spacial score (nSPS) is 24.9. The van der Waals surface area contributed by atoms with E-state index in [2.05, 4.69) is 0 Å². The number of aliphatic hydroxyl groups is 1. The maximum absolute atomic E-state index is 12.1. The first-order chi connectivity index (χ1) is 8.20. The highest BCUT2D eigenvalue weighted by atomic mass is 32.1. The maximum Gasteiger partial charge on any atom is 0.228 e. The molecule has 2 unspecified atom stereocenters. The van der Waals surface area contributed by atoms with Crippen molar-refractivity contribution in [1.82, 2.24) is 4.90 Å². The lowest BCUT2D eigenvalue weighted by Gasteiger charge is -2.37. The number of rotatable bonds is 3. The minimum Gasteiger partial charge on any atom is -0.394 e. The van der Waals surface area contributed by atoms with Crippen LogP contribution in [0.2, 0.25) is 0 Å². The van der Waals surface area contributed by atoms with Crippen LogP contribution in [0.3, 0.4) is 0 Å². The molecule has 0 aromatic carbocycles. The van der Waals surface area contributed by atoms with Crippen molar-refractivity contribution >= 4 is 17.2 Å². The molecule has 94 valence electrons. The zero-order valence-electron chi connectivity index (χ0n) is 9.83. The first-order valence-corrected chi connectivity index (χ1v) is 6.63. The van der Waals surface area contributed by atoms with Gasteiger partial charge in [0.25, 0.3) is 0 Å². The van der Waals surface area contributed by atoms with Gasteiger partial charge >= 0.3 is 0 Å². The van der Waals surface area contributed by atoms with Crippen LogP contribution in [-0.4, -0.2) is 47.8 Å². The summed E-state index contributed by atoms with van der Waals surface area (Å²) in [6, 6.07) is 4.01. The number of morpholine rings is 1. The minimum absolute atomic E-state index is 0.0322. The summed E-state index contributed by atoms with van der Waals surface area (Å²) in [7, 11) is 0. The predicted octanol–water partition coefficient (Wildman–Crippen LogP) is 0.899. The molecule has 1 aromatic heterocycles. The Morgan fingerprint density at radius 1 is 1.71 bits per heavy atom. The van der Waals surface area contributed by atoms with E-state index in [1.165, 1.54) is 0 Å². The lowest BCUT2D eigenvalue weighted by atomic mass is 10.1. The molecular weight excluding hydrogens is 238 g/mol. The number of hydrogen-bond acceptors (Lipinski definition) is 4. The molecule has 5 heteroatoms. The molecule has 0 radical (unpaired) electrons. The lowest BCUT2D eigenvalue weighted by molar-refractivity contribution is -0.145. The molecule has 0 saturated carbocycles. The van der Waals surface area contributed by atoms with Crippen molar-refractivity contribution < 1.29 is 14.6 Å². The number of aliphatic hydroxyl groups excluding tert-OH is 1. The van der Waals surface area contributed by atoms with Crippen LogP contribution in [-0.2, 0) is 16.0 Å². The van der Waals surface area contributed by atoms with Crippen molar-refractivity contribution in [3.63, 3.8) is 0 Å². The van der Waals surface area contributed by atoms with Crippen LogP contribution in [0.15, 0.2) is 17.5 Å². The molecule has 17 heavy (non-hydrogen) atoms. The van der Waals surface area contributed by atoms with E-state index in [1.54, 1.807) is 11.3 Å². The Bertz CT molecular complexity index is 366. The molecule has 1 aliphatic rings. The summed E-state index contributed by atoms with van der Waals surface area (Å²) in [5.41, 5.74) is 0. The average Bonchev–Trinajstić information content (AvgIpc) is 2.82. The number of carbonyl (C=O) groups excluding carboxylic acids is 1. The molecule has 0 bridgehead atoms. The summed E-state index contributed by atoms with van der Waals surface area (Å²) in [4.78, 5) is 15.0. The third-order valence-electron chi connectivity index (χ3n) is 2.94. The number of carbonyl (C=O) groups is 1. The molecule has 2 rings (SSSR count). The number of ether oxygens (including phenoxy) is 1. The van der Waals surface area contributed by atoms with Crippen molar-refractivity contribution in [2.75, 3.05) is 19.8 Å². The number of hydrogen-bond donors (Lipinski definition) is 1. The number of thiophene rings is 1. The Morgan fingerprint density at radius 2 is 2.53 bits per heavy atom. The highest BCUT2D eigenvalue weighted by Gasteiger charge is 2.29. The molecule has 1 aliphatic heterocycles. The third-order valence-corrected chi connectivity index (χ3v) is 3.81. The summed E-state index contributed by atoms with van der Waals surface area (Å²) in [5.74, 6) is 0.113. The van der Waals surface area contributed by atoms with Gasteiger partial charge in [-0.05, 0) is 18.4 Å². The van der Waals surface area contributed by atoms with Gasteiger partial charge in [0.15, 0.2) is 0 Å². The monoisotopic (exact) mass is 255 g/mol. The standard InChI is InChI=1S/C12H17NO3S/c1-9-8-16-10(7-14)6-13(9)12(15)5-11-3-2-4-17-11/h2-4,9-10,14H,5-8H2,1H3. The van der Waals surface area contributed by atoms with E-state index >= 15 is 0 Å². The molecule has 2 atom stereocenters. The highest BCUT2D eigenvalue weighted by molar-refractivity contribution is 7.10. The van der Waals surface area contributed by atoms with Gasteiger partial charge in [-0.15, -0.1) is 11.3 Å². The van der Waals surface area contributed by atoms with Crippen LogP contribution in [0, 0.1) is 0 Å². The van der Waals surface area contributed by atoms with Gasteiger partial charge < -0.3 is 14.7 Å². The molecule has 4 nitrogen and oxygen atoms in total. The van der Waals surface area contributed by atoms with E-state index in [0.29, 0.717) is 19.6 Å². The first kappa shape index (κ1) is 12.5. The minimum atomic E-state index is -0.238. The van der Waals surface area contributed by atoms with Gasteiger partial charge in [0.05, 0.1) is 31.8 Å². The second-order valence-electron chi connectivity index (χ2n) is 4.29. The molecular formula is C12H17NO3S. The SMILES string of the molecule is CC1COC(CO)CN1C(=O)Cc1cccs1. The van der Waals surface area contributed by atoms with Gasteiger partial charge in [0, 0.05) is 11.4 Å². The lowest BCUT2D eigenvalue weighted by Crippen LogP contribution is -2.52. The summed E-state index contributed by atoms with van der Waals surface area (Å²) < 4.78 is 5.41. The van der Waals surface area contributed by atoms with Crippen molar-refractivity contribution in [3.8, 4) is 0 Å². The van der Waals surface area contributed by atoms with E-state index < -0.39 is 0 Å². The zero-order valence-corrected chi connectivity index (χ0v) is 10.7. The van der Waals surface area contributed by atoms with Crippen molar-refractivity contribution in [1.29, 1.82) is 0 Å². The molecule has 1 saturated heterocycles. The van der Waals surface area contributed by atoms with E-state index in [4.69, 9.17) is 9.84 Å². The van der Waals surface area contributed by atoms with Crippen LogP contribution in [0.25, 0.3) is 0 Å². The first-order valence-electron chi connectivity index (χ1n) is 5.75. The predicted molar refractivity (Wildman–Crippen MR) is 66.0 cm³/mol. The Kier molecular flexibility index (Phi) is 4.15. The van der Waals surface area contributed by atoms with Crippen LogP contribution >= 0.6 is 11.3 Å². The smallest absolute Gasteiger partial charge is 0.228 e. The molecule has 1 fully saturated rings. The van der Waals surface area contributed by atoms with Gasteiger partial charge in [-0.3, -0.25) is 4.79 Å². The van der Waals surface area contributed by atoms with Crippen LogP contribution in [0.1, 0.15) is 11.8 Å². The van der Waals surface area contributed by atoms with Crippen molar-refractivity contribution in [2.45, 2.75) is 25.5 Å². The van der Waals surface area contributed by atoms with E-state index in [9.17, 15) is 4.79 Å². The zero-order chi connectivity index (χ0) is 12.3. The van der Waals surface area contributed by atoms with Crippen LogP contribution in [0.5, 0.6) is 0 Å². The van der Waals surface area contributed by atoms with Gasteiger partial charge in [-0.1, -0.05) is 6.07 Å². The Hall–Kier alpha value is -0.910. The molecule has 0 aliphatic carbocycles. The number of nitrogens with zero attached hydrogens (tertiary/aromatic N) is 1. The van der Waals surface area contributed by atoms with Gasteiger partial charge in [-0.2, -0.15) is 0 Å². The summed E-state index contributed by atoms with van der Waals surface area (Å²) in [6.07, 6.45) is 0.207. The fraction of sp³-hybridized carbons (Fsp3) is 0.583. The Labute approximate surface area is 105 Å². The van der Waals surface area contributed by atoms with Gasteiger partial charge in [-0.25, -0.2) is 0 Å². The summed E-state index contributed by atoms with van der Waals surface area (Å²) in [5, 5.41) is 11.0. The van der Waals surface area contributed by atoms with Gasteiger partial charge in [0.1, 0.15) is 0 Å². The van der Waals surface area contributed by atoms with Crippen molar-refractivity contribution in [2.24, 2.45) is 0 Å². The summed E-state index contributed by atoms with van der Waals surface area (Å²) >= 11 is 1.59. The van der Waals surface area contributed by atoms with Crippen LogP contribution < -0.4 is 0 Å². The second-order valence-corrected chi connectivity index (χ2v) is 5.32. The molecule has 2 heterocycles. The number of amides is 1. The average molecular weight is 255 g/mol. The molecule has 1 aromatic rings. The van der Waals surface area contributed by atoms with Crippen LogP contribution in [0.4, 0.5) is 0 Å². The molecule has 1 N–H and O–H groups in total.